The predicted molar refractivity (Wildman–Crippen MR) is 105 cm³/mol. The number of benzene rings is 2. The lowest BCUT2D eigenvalue weighted by Crippen LogP contribution is -2.32. The summed E-state index contributed by atoms with van der Waals surface area (Å²) in [4.78, 5) is 19.4. The summed E-state index contributed by atoms with van der Waals surface area (Å²) in [7, 11) is 0. The monoisotopic (exact) mass is 363 g/mol. The van der Waals surface area contributed by atoms with E-state index < -0.39 is 0 Å². The van der Waals surface area contributed by atoms with E-state index in [1.54, 1.807) is 0 Å². The van der Waals surface area contributed by atoms with Crippen molar-refractivity contribution in [3.8, 4) is 0 Å². The first kappa shape index (κ1) is 17.7. The molecule has 0 bridgehead atoms. The van der Waals surface area contributed by atoms with Crippen LogP contribution >= 0.6 is 0 Å². The number of rotatable bonds is 5. The summed E-state index contributed by atoms with van der Waals surface area (Å²) >= 11 is 0. The highest BCUT2D eigenvalue weighted by Gasteiger charge is 2.27. The number of para-hydroxylation sites is 2. The molecule has 1 aromatic heterocycles. The first-order valence-corrected chi connectivity index (χ1v) is 9.52. The van der Waals surface area contributed by atoms with Gasteiger partial charge in [-0.05, 0) is 48.9 Å². The lowest BCUT2D eigenvalue weighted by Gasteiger charge is -2.18. The van der Waals surface area contributed by atoms with Crippen LogP contribution in [0.15, 0.2) is 48.5 Å². The Hall–Kier alpha value is -2.66. The molecule has 1 unspecified atom stereocenters. The second-order valence-corrected chi connectivity index (χ2v) is 7.41. The van der Waals surface area contributed by atoms with Gasteiger partial charge in [0.25, 0.3) is 0 Å². The summed E-state index contributed by atoms with van der Waals surface area (Å²) in [6.45, 7) is 3.98. The van der Waals surface area contributed by atoms with Crippen molar-refractivity contribution >= 4 is 16.9 Å². The fourth-order valence-corrected chi connectivity index (χ4v) is 4.04. The Bertz CT molecular complexity index is 963. The van der Waals surface area contributed by atoms with E-state index in [2.05, 4.69) is 17.1 Å². The average molecular weight is 363 g/mol. The minimum absolute atomic E-state index is 0.0708. The van der Waals surface area contributed by atoms with Crippen molar-refractivity contribution < 1.29 is 9.90 Å². The van der Waals surface area contributed by atoms with Gasteiger partial charge in [0.2, 0.25) is 5.91 Å². The number of hydrogen-bond donors (Lipinski definition) is 1. The summed E-state index contributed by atoms with van der Waals surface area (Å²) in [5.74, 6) is 1.51. The van der Waals surface area contributed by atoms with Crippen molar-refractivity contribution in [3.05, 3.63) is 65.5 Å². The van der Waals surface area contributed by atoms with Crippen LogP contribution in [0.5, 0.6) is 0 Å². The first-order chi connectivity index (χ1) is 13.1. The van der Waals surface area contributed by atoms with Crippen LogP contribution in [0.1, 0.15) is 23.4 Å². The molecule has 1 aliphatic heterocycles. The molecular weight excluding hydrogens is 338 g/mol. The smallest absolute Gasteiger partial charge is 0.242 e. The molecule has 140 valence electrons. The molecule has 1 fully saturated rings. The van der Waals surface area contributed by atoms with Crippen molar-refractivity contribution in [1.29, 1.82) is 0 Å². The Kier molecular flexibility index (Phi) is 4.94. The quantitative estimate of drug-likeness (QED) is 0.758. The van der Waals surface area contributed by atoms with E-state index in [4.69, 9.17) is 0 Å². The lowest BCUT2D eigenvalue weighted by atomic mass is 9.97. The van der Waals surface area contributed by atoms with Crippen molar-refractivity contribution in [2.24, 2.45) is 5.92 Å². The van der Waals surface area contributed by atoms with E-state index in [0.717, 1.165) is 48.4 Å². The number of hydrogen-bond acceptors (Lipinski definition) is 3. The number of carbonyl (C=O) groups is 1. The van der Waals surface area contributed by atoms with Crippen molar-refractivity contribution in [2.75, 3.05) is 13.1 Å². The van der Waals surface area contributed by atoms with Gasteiger partial charge >= 0.3 is 0 Å². The van der Waals surface area contributed by atoms with Gasteiger partial charge in [0.15, 0.2) is 0 Å². The lowest BCUT2D eigenvalue weighted by molar-refractivity contribution is -0.130. The molecule has 1 amide bonds. The molecule has 0 saturated carbocycles. The van der Waals surface area contributed by atoms with Crippen LogP contribution in [-0.4, -0.2) is 38.6 Å². The minimum atomic E-state index is 0.0708. The molecule has 1 aliphatic rings. The zero-order valence-corrected chi connectivity index (χ0v) is 15.6. The average Bonchev–Trinajstić information content (AvgIpc) is 3.27. The van der Waals surface area contributed by atoms with Crippen molar-refractivity contribution in [3.63, 3.8) is 0 Å². The van der Waals surface area contributed by atoms with Crippen LogP contribution in [0, 0.1) is 12.8 Å². The fraction of sp³-hybridized carbons (Fsp3) is 0.364. The molecule has 3 aromatic rings. The number of nitrogens with zero attached hydrogens (tertiary/aromatic N) is 3. The summed E-state index contributed by atoms with van der Waals surface area (Å²) in [5, 5.41) is 9.30. The van der Waals surface area contributed by atoms with Gasteiger partial charge in [-0.2, -0.15) is 0 Å². The van der Waals surface area contributed by atoms with Crippen LogP contribution in [0.2, 0.25) is 0 Å². The Morgan fingerprint density at radius 1 is 1.19 bits per heavy atom. The van der Waals surface area contributed by atoms with Gasteiger partial charge in [-0.15, -0.1) is 0 Å². The molecule has 27 heavy (non-hydrogen) atoms. The minimum Gasteiger partial charge on any atom is -0.392 e. The Balaban J connectivity index is 1.41. The SMILES string of the molecule is Cc1nc2ccccc2n1CC(=O)N1CCC(Cc2cccc(CO)c2)C1. The van der Waals surface area contributed by atoms with Gasteiger partial charge in [0.05, 0.1) is 17.6 Å². The summed E-state index contributed by atoms with van der Waals surface area (Å²) in [5.41, 5.74) is 4.13. The van der Waals surface area contributed by atoms with Gasteiger partial charge in [-0.3, -0.25) is 4.79 Å². The first-order valence-electron chi connectivity index (χ1n) is 9.52. The third-order valence-corrected chi connectivity index (χ3v) is 5.48. The number of imidazole rings is 1. The van der Waals surface area contributed by atoms with Gasteiger partial charge in [-0.25, -0.2) is 4.98 Å². The molecule has 0 radical (unpaired) electrons. The van der Waals surface area contributed by atoms with Crippen LogP contribution in [0.3, 0.4) is 0 Å². The molecule has 0 spiro atoms. The molecule has 5 nitrogen and oxygen atoms in total. The largest absolute Gasteiger partial charge is 0.392 e. The Morgan fingerprint density at radius 3 is 2.85 bits per heavy atom. The highest BCUT2D eigenvalue weighted by molar-refractivity contribution is 5.81. The summed E-state index contributed by atoms with van der Waals surface area (Å²) in [6, 6.07) is 16.0. The molecule has 2 heterocycles. The molecule has 1 N–H and O–H groups in total. The second-order valence-electron chi connectivity index (χ2n) is 7.41. The fourth-order valence-electron chi connectivity index (χ4n) is 4.04. The normalized spacial score (nSPS) is 17.0. The maximum Gasteiger partial charge on any atom is 0.242 e. The van der Waals surface area contributed by atoms with Gasteiger partial charge in [0, 0.05) is 13.1 Å². The number of aliphatic hydroxyl groups is 1. The molecule has 5 heteroatoms. The van der Waals surface area contributed by atoms with E-state index in [1.807, 2.05) is 52.8 Å². The van der Waals surface area contributed by atoms with E-state index in [1.165, 1.54) is 5.56 Å². The van der Waals surface area contributed by atoms with Gasteiger partial charge < -0.3 is 14.6 Å². The number of fused-ring (bicyclic) bond motifs is 1. The molecule has 1 atom stereocenters. The molecule has 4 rings (SSSR count). The second kappa shape index (κ2) is 7.53. The highest BCUT2D eigenvalue weighted by Crippen LogP contribution is 2.23. The Labute approximate surface area is 159 Å². The van der Waals surface area contributed by atoms with Crippen LogP contribution < -0.4 is 0 Å². The maximum absolute atomic E-state index is 12.9. The van der Waals surface area contributed by atoms with Crippen LogP contribution in [0.4, 0.5) is 0 Å². The van der Waals surface area contributed by atoms with Crippen molar-refractivity contribution in [2.45, 2.75) is 32.9 Å². The van der Waals surface area contributed by atoms with Gasteiger partial charge in [0.1, 0.15) is 12.4 Å². The van der Waals surface area contributed by atoms with E-state index in [0.29, 0.717) is 12.5 Å². The highest BCUT2D eigenvalue weighted by atomic mass is 16.3. The van der Waals surface area contributed by atoms with E-state index in [9.17, 15) is 9.90 Å². The van der Waals surface area contributed by atoms with E-state index in [-0.39, 0.29) is 12.5 Å². The number of amides is 1. The Morgan fingerprint density at radius 2 is 2.00 bits per heavy atom. The van der Waals surface area contributed by atoms with Gasteiger partial charge in [-0.1, -0.05) is 36.4 Å². The molecule has 1 saturated heterocycles. The zero-order valence-electron chi connectivity index (χ0n) is 15.6. The van der Waals surface area contributed by atoms with Crippen LogP contribution in [-0.2, 0) is 24.4 Å². The third-order valence-electron chi connectivity index (χ3n) is 5.48. The predicted octanol–water partition coefficient (Wildman–Crippen LogP) is 2.93. The number of likely N-dealkylation sites (tertiary alicyclic amines) is 1. The molecule has 2 aromatic carbocycles. The summed E-state index contributed by atoms with van der Waals surface area (Å²) < 4.78 is 2.01. The number of aliphatic hydroxyl groups excluding tert-OH is 1. The topological polar surface area (TPSA) is 58.4 Å². The zero-order chi connectivity index (χ0) is 18.8. The van der Waals surface area contributed by atoms with Crippen molar-refractivity contribution in [1.82, 2.24) is 14.5 Å². The third kappa shape index (κ3) is 3.74. The standard InChI is InChI=1S/C22H25N3O2/c1-16-23-20-7-2-3-8-21(20)25(16)14-22(27)24-10-9-18(13-24)11-17-5-4-6-19(12-17)15-26/h2-8,12,18,26H,9-11,13-15H2,1H3. The number of carbonyl (C=O) groups excluding carboxylic acids is 1. The maximum atomic E-state index is 12.9. The summed E-state index contributed by atoms with van der Waals surface area (Å²) in [6.07, 6.45) is 1.98. The molecular formula is C22H25N3O2. The molecule has 0 aliphatic carbocycles. The number of aryl methyl sites for hydroxylation is 1. The van der Waals surface area contributed by atoms with Crippen LogP contribution in [0.25, 0.3) is 11.0 Å². The van der Waals surface area contributed by atoms with E-state index >= 15 is 0 Å². The number of aromatic nitrogens is 2.